The highest BCUT2D eigenvalue weighted by Crippen LogP contribution is 2.24. The van der Waals surface area contributed by atoms with E-state index in [1.165, 1.54) is 25.7 Å². The van der Waals surface area contributed by atoms with Gasteiger partial charge in [0.15, 0.2) is 9.84 Å². The van der Waals surface area contributed by atoms with E-state index in [0.717, 1.165) is 0 Å². The van der Waals surface area contributed by atoms with Gasteiger partial charge in [0.05, 0.1) is 16.6 Å². The molecule has 1 saturated heterocycles. The molecule has 3 atom stereocenters. The van der Waals surface area contributed by atoms with Gasteiger partial charge in [0, 0.05) is 19.2 Å². The first-order valence-electron chi connectivity index (χ1n) is 7.09. The molecular weight excluding hydrogens is 250 g/mol. The van der Waals surface area contributed by atoms with Crippen molar-refractivity contribution < 1.29 is 13.2 Å². The average Bonchev–Trinajstić information content (AvgIpc) is 2.96. The molecule has 0 spiro atoms. The molecule has 18 heavy (non-hydrogen) atoms. The second kappa shape index (κ2) is 5.88. The second-order valence-electron chi connectivity index (χ2n) is 5.69. The van der Waals surface area contributed by atoms with Gasteiger partial charge in [-0.25, -0.2) is 8.42 Å². The van der Waals surface area contributed by atoms with Gasteiger partial charge in [-0.15, -0.1) is 0 Å². The Balaban J connectivity index is 1.88. The lowest BCUT2D eigenvalue weighted by Crippen LogP contribution is -2.42. The average molecular weight is 275 g/mol. The summed E-state index contributed by atoms with van der Waals surface area (Å²) in [6.45, 7) is 4.85. The van der Waals surface area contributed by atoms with Crippen LogP contribution in [0.4, 0.5) is 0 Å². The molecule has 4 nitrogen and oxygen atoms in total. The van der Waals surface area contributed by atoms with Gasteiger partial charge in [-0.3, -0.25) is 0 Å². The molecule has 2 fully saturated rings. The summed E-state index contributed by atoms with van der Waals surface area (Å²) >= 11 is 0. The third-order valence-electron chi connectivity index (χ3n) is 4.34. The molecule has 0 aromatic rings. The molecule has 0 amide bonds. The number of hydrogen-bond donors (Lipinski definition) is 1. The zero-order valence-corrected chi connectivity index (χ0v) is 12.2. The van der Waals surface area contributed by atoms with Crippen molar-refractivity contribution >= 4 is 9.84 Å². The monoisotopic (exact) mass is 275 g/mol. The van der Waals surface area contributed by atoms with Crippen molar-refractivity contribution in [2.24, 2.45) is 0 Å². The predicted molar refractivity (Wildman–Crippen MR) is 72.5 cm³/mol. The van der Waals surface area contributed by atoms with E-state index >= 15 is 0 Å². The van der Waals surface area contributed by atoms with Gasteiger partial charge in [-0.2, -0.15) is 0 Å². The Kier molecular flexibility index (Phi) is 4.67. The number of sulfone groups is 1. The summed E-state index contributed by atoms with van der Waals surface area (Å²) in [5, 5.41) is 2.79. The first-order chi connectivity index (χ1) is 8.51. The Labute approximate surface area is 110 Å². The van der Waals surface area contributed by atoms with Crippen LogP contribution in [0.5, 0.6) is 0 Å². The van der Waals surface area contributed by atoms with Gasteiger partial charge < -0.3 is 10.1 Å². The Morgan fingerprint density at radius 2 is 1.94 bits per heavy atom. The molecule has 1 aliphatic heterocycles. The standard InChI is InChI=1S/C13H25NO3S/c1-10(9-14-12-5-3-4-6-12)18(15,16)13-7-8-17-11(13)2/h10-14H,3-9H2,1-2H3. The quantitative estimate of drug-likeness (QED) is 0.826. The van der Waals surface area contributed by atoms with Crippen LogP contribution in [-0.2, 0) is 14.6 Å². The predicted octanol–water partition coefficient (Wildman–Crippen LogP) is 1.50. The van der Waals surface area contributed by atoms with E-state index in [-0.39, 0.29) is 16.6 Å². The summed E-state index contributed by atoms with van der Waals surface area (Å²) in [5.74, 6) is 0. The van der Waals surface area contributed by atoms with Gasteiger partial charge in [0.2, 0.25) is 0 Å². The van der Waals surface area contributed by atoms with Crippen LogP contribution in [0.1, 0.15) is 46.0 Å². The van der Waals surface area contributed by atoms with Gasteiger partial charge in [-0.1, -0.05) is 12.8 Å². The molecule has 0 radical (unpaired) electrons. The van der Waals surface area contributed by atoms with Crippen molar-refractivity contribution in [1.82, 2.24) is 5.32 Å². The van der Waals surface area contributed by atoms with E-state index in [1.54, 1.807) is 0 Å². The van der Waals surface area contributed by atoms with Crippen LogP contribution < -0.4 is 5.32 Å². The summed E-state index contributed by atoms with van der Waals surface area (Å²) in [4.78, 5) is 0. The summed E-state index contributed by atoms with van der Waals surface area (Å²) in [5.41, 5.74) is 0. The third kappa shape index (κ3) is 3.06. The summed E-state index contributed by atoms with van der Waals surface area (Å²) in [6.07, 6.45) is 5.42. The molecule has 1 aliphatic carbocycles. The zero-order valence-electron chi connectivity index (χ0n) is 11.4. The van der Waals surface area contributed by atoms with E-state index in [2.05, 4.69) is 5.32 Å². The van der Waals surface area contributed by atoms with Crippen LogP contribution in [0.2, 0.25) is 0 Å². The van der Waals surface area contributed by atoms with Crippen LogP contribution >= 0.6 is 0 Å². The molecule has 0 bridgehead atoms. The molecule has 2 rings (SSSR count). The lowest BCUT2D eigenvalue weighted by molar-refractivity contribution is 0.126. The van der Waals surface area contributed by atoms with Crippen molar-refractivity contribution in [1.29, 1.82) is 0 Å². The lowest BCUT2D eigenvalue weighted by Gasteiger charge is -2.22. The fraction of sp³-hybridized carbons (Fsp3) is 1.00. The fourth-order valence-corrected chi connectivity index (χ4v) is 4.98. The Morgan fingerprint density at radius 3 is 2.50 bits per heavy atom. The maximum Gasteiger partial charge on any atom is 0.159 e. The Bertz CT molecular complexity index is 362. The van der Waals surface area contributed by atoms with Crippen LogP contribution in [0.15, 0.2) is 0 Å². The molecule has 0 aromatic heterocycles. The van der Waals surface area contributed by atoms with Crippen molar-refractivity contribution in [3.8, 4) is 0 Å². The molecular formula is C13H25NO3S. The van der Waals surface area contributed by atoms with Crippen molar-refractivity contribution in [3.63, 3.8) is 0 Å². The highest BCUT2D eigenvalue weighted by Gasteiger charge is 2.39. The van der Waals surface area contributed by atoms with Crippen molar-refractivity contribution in [2.45, 2.75) is 68.6 Å². The molecule has 2 aliphatic rings. The first-order valence-corrected chi connectivity index (χ1v) is 8.70. The van der Waals surface area contributed by atoms with Crippen LogP contribution in [-0.4, -0.2) is 44.2 Å². The zero-order chi connectivity index (χ0) is 13.2. The second-order valence-corrected chi connectivity index (χ2v) is 8.28. The normalized spacial score (nSPS) is 31.9. The molecule has 0 aromatic carbocycles. The summed E-state index contributed by atoms with van der Waals surface area (Å²) in [6, 6.07) is 0.528. The van der Waals surface area contributed by atoms with Crippen LogP contribution in [0, 0.1) is 0 Å². The van der Waals surface area contributed by atoms with Crippen LogP contribution in [0.3, 0.4) is 0 Å². The van der Waals surface area contributed by atoms with Crippen molar-refractivity contribution in [2.75, 3.05) is 13.2 Å². The van der Waals surface area contributed by atoms with E-state index < -0.39 is 9.84 Å². The van der Waals surface area contributed by atoms with Gasteiger partial charge in [0.1, 0.15) is 0 Å². The van der Waals surface area contributed by atoms with Crippen molar-refractivity contribution in [3.05, 3.63) is 0 Å². The smallest absolute Gasteiger partial charge is 0.159 e. The molecule has 1 heterocycles. The molecule has 106 valence electrons. The molecule has 5 heteroatoms. The minimum atomic E-state index is -3.07. The summed E-state index contributed by atoms with van der Waals surface area (Å²) < 4.78 is 30.2. The Hall–Kier alpha value is -0.130. The summed E-state index contributed by atoms with van der Waals surface area (Å²) in [7, 11) is -3.07. The van der Waals surface area contributed by atoms with Crippen LogP contribution in [0.25, 0.3) is 0 Å². The highest BCUT2D eigenvalue weighted by atomic mass is 32.2. The molecule has 1 saturated carbocycles. The SMILES string of the molecule is CC1OCCC1S(=O)(=O)C(C)CNC1CCCC1. The van der Waals surface area contributed by atoms with Gasteiger partial charge in [0.25, 0.3) is 0 Å². The molecule has 1 N–H and O–H groups in total. The van der Waals surface area contributed by atoms with Gasteiger partial charge in [-0.05, 0) is 33.1 Å². The minimum Gasteiger partial charge on any atom is -0.377 e. The molecule has 3 unspecified atom stereocenters. The third-order valence-corrected chi connectivity index (χ3v) is 7.09. The maximum absolute atomic E-state index is 12.4. The number of nitrogens with one attached hydrogen (secondary N) is 1. The number of hydrogen-bond acceptors (Lipinski definition) is 4. The maximum atomic E-state index is 12.4. The number of rotatable bonds is 5. The van der Waals surface area contributed by atoms with E-state index in [1.807, 2.05) is 13.8 Å². The van der Waals surface area contributed by atoms with Gasteiger partial charge >= 0.3 is 0 Å². The van der Waals surface area contributed by atoms with E-state index in [4.69, 9.17) is 4.74 Å². The van der Waals surface area contributed by atoms with E-state index in [0.29, 0.717) is 25.6 Å². The topological polar surface area (TPSA) is 55.4 Å². The highest BCUT2D eigenvalue weighted by molar-refractivity contribution is 7.92. The largest absolute Gasteiger partial charge is 0.377 e. The lowest BCUT2D eigenvalue weighted by atomic mass is 10.2. The minimum absolute atomic E-state index is 0.149. The Morgan fingerprint density at radius 1 is 1.28 bits per heavy atom. The van der Waals surface area contributed by atoms with E-state index in [9.17, 15) is 8.42 Å². The fourth-order valence-electron chi connectivity index (χ4n) is 3.02. The first kappa shape index (κ1) is 14.3. The number of ether oxygens (including phenoxy) is 1.